The maximum Gasteiger partial charge on any atom is 0.416 e. The van der Waals surface area contributed by atoms with Gasteiger partial charge in [-0.25, -0.2) is 4.68 Å². The van der Waals surface area contributed by atoms with Gasteiger partial charge in [-0.1, -0.05) is 0 Å². The van der Waals surface area contributed by atoms with Crippen LogP contribution in [0.2, 0.25) is 0 Å². The summed E-state index contributed by atoms with van der Waals surface area (Å²) in [6, 6.07) is 7.12. The number of carbonyl (C=O) groups is 1. The molecule has 0 atom stereocenters. The van der Waals surface area contributed by atoms with Crippen LogP contribution in [0.15, 0.2) is 42.7 Å². The molecule has 0 aliphatic carbocycles. The van der Waals surface area contributed by atoms with Crippen molar-refractivity contribution in [2.75, 3.05) is 13.7 Å². The number of pyridine rings is 1. The number of methoxy groups -OCH3 is 1. The van der Waals surface area contributed by atoms with Crippen LogP contribution in [0, 0.1) is 0 Å². The zero-order chi connectivity index (χ0) is 20.6. The number of aromatic nitrogens is 3. The standard InChI is InChI=1S/C20H17F3N4O2/c1-29-16-8-12(6-13(9-16)20(21,22)23)7-14-10-15(2-4-24-14)27-18-3-5-25-19(28)17(18)11-26-27/h2,4,6,8-11H,3,5,7H2,1H3,(H,25,28). The highest BCUT2D eigenvalue weighted by Gasteiger charge is 2.31. The summed E-state index contributed by atoms with van der Waals surface area (Å²) >= 11 is 0. The summed E-state index contributed by atoms with van der Waals surface area (Å²) in [6.45, 7) is 0.527. The number of halogens is 3. The molecular weight excluding hydrogens is 385 g/mol. The first-order valence-corrected chi connectivity index (χ1v) is 8.90. The Balaban J connectivity index is 1.67. The van der Waals surface area contributed by atoms with E-state index in [4.69, 9.17) is 4.74 Å². The molecule has 0 bridgehead atoms. The number of benzene rings is 1. The van der Waals surface area contributed by atoms with Gasteiger partial charge in [0.05, 0.1) is 35.8 Å². The molecule has 150 valence electrons. The Labute approximate surface area is 164 Å². The lowest BCUT2D eigenvalue weighted by Gasteiger charge is -2.15. The van der Waals surface area contributed by atoms with E-state index < -0.39 is 11.7 Å². The first-order chi connectivity index (χ1) is 13.8. The molecule has 0 fully saturated rings. The van der Waals surface area contributed by atoms with Crippen LogP contribution in [-0.2, 0) is 19.0 Å². The highest BCUT2D eigenvalue weighted by atomic mass is 19.4. The summed E-state index contributed by atoms with van der Waals surface area (Å²) < 4.78 is 46.1. The summed E-state index contributed by atoms with van der Waals surface area (Å²) in [5.74, 6) is -0.0269. The molecular formula is C20H17F3N4O2. The number of fused-ring (bicyclic) bond motifs is 1. The number of rotatable bonds is 4. The van der Waals surface area contributed by atoms with Gasteiger partial charge in [-0.2, -0.15) is 18.3 Å². The third kappa shape index (κ3) is 3.80. The Morgan fingerprint density at radius 3 is 2.83 bits per heavy atom. The predicted octanol–water partition coefficient (Wildman–Crippen LogP) is 3.17. The zero-order valence-electron chi connectivity index (χ0n) is 15.5. The summed E-state index contributed by atoms with van der Waals surface area (Å²) in [5.41, 5.74) is 2.26. The van der Waals surface area contributed by atoms with Crippen LogP contribution < -0.4 is 10.1 Å². The van der Waals surface area contributed by atoms with Crippen molar-refractivity contribution in [2.45, 2.75) is 19.0 Å². The molecule has 1 aliphatic rings. The zero-order valence-corrected chi connectivity index (χ0v) is 15.5. The highest BCUT2D eigenvalue weighted by Crippen LogP contribution is 2.33. The lowest BCUT2D eigenvalue weighted by molar-refractivity contribution is -0.137. The Kier molecular flexibility index (Phi) is 4.73. The van der Waals surface area contributed by atoms with E-state index in [0.29, 0.717) is 35.5 Å². The van der Waals surface area contributed by atoms with Gasteiger partial charge in [0.25, 0.3) is 5.91 Å². The second-order valence-corrected chi connectivity index (χ2v) is 6.67. The molecule has 3 heterocycles. The number of hydrogen-bond donors (Lipinski definition) is 1. The largest absolute Gasteiger partial charge is 0.497 e. The number of hydrogen-bond acceptors (Lipinski definition) is 4. The average molecular weight is 402 g/mol. The van der Waals surface area contributed by atoms with Gasteiger partial charge in [0.15, 0.2) is 0 Å². The number of nitrogens with one attached hydrogen (secondary N) is 1. The molecule has 3 aromatic rings. The van der Waals surface area contributed by atoms with Gasteiger partial charge in [0.1, 0.15) is 5.75 Å². The molecule has 0 spiro atoms. The fourth-order valence-corrected chi connectivity index (χ4v) is 3.36. The Hall–Kier alpha value is -3.36. The van der Waals surface area contributed by atoms with Crippen molar-refractivity contribution >= 4 is 5.91 Å². The molecule has 0 radical (unpaired) electrons. The summed E-state index contributed by atoms with van der Waals surface area (Å²) in [6.07, 6.45) is -0.539. The SMILES string of the molecule is COc1cc(Cc2cc(-n3ncc4c3CCNC4=O)ccn2)cc(C(F)(F)F)c1. The minimum atomic E-state index is -4.47. The summed E-state index contributed by atoms with van der Waals surface area (Å²) in [7, 11) is 1.33. The molecule has 9 heteroatoms. The molecule has 6 nitrogen and oxygen atoms in total. The van der Waals surface area contributed by atoms with Crippen LogP contribution in [0.4, 0.5) is 13.2 Å². The molecule has 1 amide bonds. The Morgan fingerprint density at radius 2 is 2.07 bits per heavy atom. The second kappa shape index (κ2) is 7.23. The molecule has 0 unspecified atom stereocenters. The topological polar surface area (TPSA) is 69.0 Å². The van der Waals surface area contributed by atoms with Gasteiger partial charge < -0.3 is 10.1 Å². The van der Waals surface area contributed by atoms with Crippen LogP contribution in [0.3, 0.4) is 0 Å². The van der Waals surface area contributed by atoms with E-state index in [1.807, 2.05) is 0 Å². The van der Waals surface area contributed by atoms with E-state index in [2.05, 4.69) is 15.4 Å². The lowest BCUT2D eigenvalue weighted by atomic mass is 10.0. The Bertz CT molecular complexity index is 1080. The van der Waals surface area contributed by atoms with Gasteiger partial charge in [0, 0.05) is 31.3 Å². The number of ether oxygens (including phenoxy) is 1. The third-order valence-corrected chi connectivity index (χ3v) is 4.72. The summed E-state index contributed by atoms with van der Waals surface area (Å²) in [4.78, 5) is 16.2. The van der Waals surface area contributed by atoms with Gasteiger partial charge in [-0.15, -0.1) is 0 Å². The van der Waals surface area contributed by atoms with Gasteiger partial charge in [-0.3, -0.25) is 9.78 Å². The van der Waals surface area contributed by atoms with E-state index in [0.717, 1.165) is 17.8 Å². The summed E-state index contributed by atoms with van der Waals surface area (Å²) in [5, 5.41) is 7.07. The number of alkyl halides is 3. The predicted molar refractivity (Wildman–Crippen MR) is 98.2 cm³/mol. The van der Waals surface area contributed by atoms with E-state index in [1.54, 1.807) is 29.1 Å². The lowest BCUT2D eigenvalue weighted by Crippen LogP contribution is -2.32. The fourth-order valence-electron chi connectivity index (χ4n) is 3.36. The van der Waals surface area contributed by atoms with Crippen LogP contribution in [0.1, 0.15) is 32.9 Å². The van der Waals surface area contributed by atoms with E-state index in [9.17, 15) is 18.0 Å². The maximum atomic E-state index is 13.1. The number of carbonyl (C=O) groups excluding carboxylic acids is 1. The van der Waals surface area contributed by atoms with Gasteiger partial charge in [-0.05, 0) is 35.9 Å². The van der Waals surface area contributed by atoms with Crippen molar-refractivity contribution in [3.8, 4) is 11.4 Å². The highest BCUT2D eigenvalue weighted by molar-refractivity contribution is 5.96. The molecule has 4 rings (SSSR count). The molecule has 1 N–H and O–H groups in total. The normalized spacial score (nSPS) is 13.7. The smallest absolute Gasteiger partial charge is 0.416 e. The number of nitrogens with zero attached hydrogens (tertiary/aromatic N) is 3. The van der Waals surface area contributed by atoms with Crippen LogP contribution in [-0.4, -0.2) is 34.3 Å². The minimum Gasteiger partial charge on any atom is -0.497 e. The monoisotopic (exact) mass is 402 g/mol. The van der Waals surface area contributed by atoms with Crippen molar-refractivity contribution in [3.05, 3.63) is 70.8 Å². The van der Waals surface area contributed by atoms with Gasteiger partial charge in [0.2, 0.25) is 0 Å². The first kappa shape index (κ1) is 19.0. The van der Waals surface area contributed by atoms with Gasteiger partial charge >= 0.3 is 6.18 Å². The van der Waals surface area contributed by atoms with E-state index in [-0.39, 0.29) is 18.1 Å². The molecule has 1 aliphatic heterocycles. The van der Waals surface area contributed by atoms with Crippen molar-refractivity contribution in [3.63, 3.8) is 0 Å². The van der Waals surface area contributed by atoms with Crippen molar-refractivity contribution in [1.29, 1.82) is 0 Å². The molecule has 1 aromatic carbocycles. The average Bonchev–Trinajstić information content (AvgIpc) is 3.13. The van der Waals surface area contributed by atoms with E-state index >= 15 is 0 Å². The Morgan fingerprint density at radius 1 is 1.24 bits per heavy atom. The van der Waals surface area contributed by atoms with Crippen molar-refractivity contribution in [1.82, 2.24) is 20.1 Å². The van der Waals surface area contributed by atoms with Crippen LogP contribution in [0.5, 0.6) is 5.75 Å². The minimum absolute atomic E-state index is 0.137. The maximum absolute atomic E-state index is 13.1. The van der Waals surface area contributed by atoms with Crippen molar-refractivity contribution in [2.24, 2.45) is 0 Å². The van der Waals surface area contributed by atoms with Crippen LogP contribution >= 0.6 is 0 Å². The third-order valence-electron chi connectivity index (χ3n) is 4.72. The molecule has 29 heavy (non-hydrogen) atoms. The number of amides is 1. The second-order valence-electron chi connectivity index (χ2n) is 6.67. The van der Waals surface area contributed by atoms with E-state index in [1.165, 1.54) is 13.3 Å². The van der Waals surface area contributed by atoms with Crippen molar-refractivity contribution < 1.29 is 22.7 Å². The molecule has 0 saturated heterocycles. The van der Waals surface area contributed by atoms with Crippen LogP contribution in [0.25, 0.3) is 5.69 Å². The first-order valence-electron chi connectivity index (χ1n) is 8.90. The molecule has 0 saturated carbocycles. The quantitative estimate of drug-likeness (QED) is 0.728. The fraction of sp³-hybridized carbons (Fsp3) is 0.250. The molecule has 2 aromatic heterocycles.